The summed E-state index contributed by atoms with van der Waals surface area (Å²) in [6, 6.07) is 17.5. The lowest BCUT2D eigenvalue weighted by atomic mass is 9.92. The first-order chi connectivity index (χ1) is 11.2. The lowest BCUT2D eigenvalue weighted by molar-refractivity contribution is 0.0295. The number of nitrogens with one attached hydrogen (secondary N) is 1. The summed E-state index contributed by atoms with van der Waals surface area (Å²) >= 11 is 0. The van der Waals surface area contributed by atoms with Crippen molar-refractivity contribution in [3.63, 3.8) is 0 Å². The first kappa shape index (κ1) is 15.6. The summed E-state index contributed by atoms with van der Waals surface area (Å²) in [6.07, 6.45) is 1.62. The fourth-order valence-electron chi connectivity index (χ4n) is 3.07. The van der Waals surface area contributed by atoms with Crippen LogP contribution in [0.2, 0.25) is 0 Å². The highest BCUT2D eigenvalue weighted by Gasteiger charge is 2.35. The summed E-state index contributed by atoms with van der Waals surface area (Å²) in [4.78, 5) is 11.7. The molecule has 1 amide bonds. The predicted molar refractivity (Wildman–Crippen MR) is 87.9 cm³/mol. The molecule has 2 aromatic carbocycles. The fourth-order valence-corrected chi connectivity index (χ4v) is 3.07. The molecule has 2 aromatic rings. The van der Waals surface area contributed by atoms with E-state index >= 15 is 0 Å². The molecule has 0 spiro atoms. The molecule has 0 saturated heterocycles. The number of aryl methyl sites for hydroxylation is 1. The van der Waals surface area contributed by atoms with E-state index in [0.29, 0.717) is 19.4 Å². The van der Waals surface area contributed by atoms with Gasteiger partial charge in [0, 0.05) is 6.54 Å². The number of carbonyl (C=O) groups is 1. The highest BCUT2D eigenvalue weighted by Crippen LogP contribution is 2.38. The average molecular weight is 311 g/mol. The van der Waals surface area contributed by atoms with Crippen LogP contribution in [0.15, 0.2) is 54.6 Å². The second kappa shape index (κ2) is 6.84. The standard InChI is InChI=1S/C19H21NO3/c21-18(23-14-15-6-2-1-3-7-15)20-13-12-19(22)11-10-16-8-4-5-9-17(16)19/h1-9,22H,10-14H2,(H,20,21). The Morgan fingerprint density at radius 3 is 2.70 bits per heavy atom. The minimum Gasteiger partial charge on any atom is -0.445 e. The Hall–Kier alpha value is -2.33. The van der Waals surface area contributed by atoms with Gasteiger partial charge < -0.3 is 15.2 Å². The Bertz CT molecular complexity index is 671. The number of ether oxygens (including phenoxy) is 1. The van der Waals surface area contributed by atoms with Gasteiger partial charge in [-0.25, -0.2) is 4.79 Å². The van der Waals surface area contributed by atoms with E-state index in [1.807, 2.05) is 48.5 Å². The van der Waals surface area contributed by atoms with Crippen LogP contribution in [-0.2, 0) is 23.4 Å². The van der Waals surface area contributed by atoms with Gasteiger partial charge in [0.1, 0.15) is 6.61 Å². The smallest absolute Gasteiger partial charge is 0.407 e. The number of fused-ring (bicyclic) bond motifs is 1. The van der Waals surface area contributed by atoms with E-state index in [1.165, 1.54) is 5.56 Å². The van der Waals surface area contributed by atoms with Crippen LogP contribution < -0.4 is 5.32 Å². The zero-order valence-electron chi connectivity index (χ0n) is 13.0. The lowest BCUT2D eigenvalue weighted by Gasteiger charge is -2.24. The van der Waals surface area contributed by atoms with E-state index in [1.54, 1.807) is 0 Å². The molecule has 23 heavy (non-hydrogen) atoms. The molecule has 0 saturated carbocycles. The van der Waals surface area contributed by atoms with Gasteiger partial charge in [-0.05, 0) is 36.0 Å². The topological polar surface area (TPSA) is 58.6 Å². The Morgan fingerprint density at radius 2 is 1.87 bits per heavy atom. The first-order valence-corrected chi connectivity index (χ1v) is 7.93. The molecule has 1 unspecified atom stereocenters. The van der Waals surface area contributed by atoms with Gasteiger partial charge in [0.25, 0.3) is 0 Å². The van der Waals surface area contributed by atoms with Gasteiger partial charge in [0.05, 0.1) is 5.60 Å². The average Bonchev–Trinajstić information content (AvgIpc) is 2.92. The van der Waals surface area contributed by atoms with E-state index in [4.69, 9.17) is 4.74 Å². The van der Waals surface area contributed by atoms with Gasteiger partial charge in [0.2, 0.25) is 0 Å². The van der Waals surface area contributed by atoms with Crippen LogP contribution in [-0.4, -0.2) is 17.7 Å². The molecule has 4 heteroatoms. The predicted octanol–water partition coefficient (Wildman–Crippen LogP) is 3.14. The highest BCUT2D eigenvalue weighted by atomic mass is 16.5. The molecule has 120 valence electrons. The molecule has 1 atom stereocenters. The molecule has 3 rings (SSSR count). The fraction of sp³-hybridized carbons (Fsp3) is 0.316. The molecule has 0 aromatic heterocycles. The highest BCUT2D eigenvalue weighted by molar-refractivity contribution is 5.67. The summed E-state index contributed by atoms with van der Waals surface area (Å²) < 4.78 is 5.16. The SMILES string of the molecule is O=C(NCCC1(O)CCc2ccccc21)OCc1ccccc1. The molecule has 0 fully saturated rings. The zero-order valence-corrected chi connectivity index (χ0v) is 13.0. The largest absolute Gasteiger partial charge is 0.445 e. The number of benzene rings is 2. The summed E-state index contributed by atoms with van der Waals surface area (Å²) in [7, 11) is 0. The Balaban J connectivity index is 1.45. The number of alkyl carbamates (subject to hydrolysis) is 1. The molecule has 1 aliphatic rings. The van der Waals surface area contributed by atoms with Gasteiger partial charge in [-0.15, -0.1) is 0 Å². The maximum Gasteiger partial charge on any atom is 0.407 e. The lowest BCUT2D eigenvalue weighted by Crippen LogP contribution is -2.32. The van der Waals surface area contributed by atoms with E-state index in [-0.39, 0.29) is 6.61 Å². The number of hydrogen-bond donors (Lipinski definition) is 2. The Morgan fingerprint density at radius 1 is 1.13 bits per heavy atom. The van der Waals surface area contributed by atoms with Gasteiger partial charge in [-0.1, -0.05) is 54.6 Å². The molecular formula is C19H21NO3. The van der Waals surface area contributed by atoms with Crippen molar-refractivity contribution in [2.24, 2.45) is 0 Å². The second-order valence-corrected chi connectivity index (χ2v) is 5.93. The number of hydrogen-bond acceptors (Lipinski definition) is 3. The molecule has 1 aliphatic carbocycles. The third-order valence-electron chi connectivity index (χ3n) is 4.35. The van der Waals surface area contributed by atoms with Crippen LogP contribution >= 0.6 is 0 Å². The monoisotopic (exact) mass is 311 g/mol. The van der Waals surface area contributed by atoms with Crippen LogP contribution in [0.1, 0.15) is 29.5 Å². The van der Waals surface area contributed by atoms with Crippen molar-refractivity contribution in [3.05, 3.63) is 71.3 Å². The molecule has 0 heterocycles. The molecule has 0 bridgehead atoms. The van der Waals surface area contributed by atoms with Crippen molar-refractivity contribution in [1.29, 1.82) is 0 Å². The third kappa shape index (κ3) is 3.71. The normalized spacial score (nSPS) is 19.2. The van der Waals surface area contributed by atoms with E-state index in [2.05, 4.69) is 11.4 Å². The van der Waals surface area contributed by atoms with Crippen LogP contribution in [0.4, 0.5) is 4.79 Å². The van der Waals surface area contributed by atoms with Gasteiger partial charge >= 0.3 is 6.09 Å². The minimum absolute atomic E-state index is 0.250. The quantitative estimate of drug-likeness (QED) is 0.892. The van der Waals surface area contributed by atoms with Crippen LogP contribution in [0.5, 0.6) is 0 Å². The van der Waals surface area contributed by atoms with Gasteiger partial charge in [-0.2, -0.15) is 0 Å². The maximum absolute atomic E-state index is 11.7. The number of aliphatic hydroxyl groups is 1. The number of amides is 1. The van der Waals surface area contributed by atoms with Crippen LogP contribution in [0.25, 0.3) is 0 Å². The van der Waals surface area contributed by atoms with Crippen molar-refractivity contribution in [1.82, 2.24) is 5.32 Å². The van der Waals surface area contributed by atoms with Gasteiger partial charge in [-0.3, -0.25) is 0 Å². The first-order valence-electron chi connectivity index (χ1n) is 7.93. The summed E-state index contributed by atoms with van der Waals surface area (Å²) in [6.45, 7) is 0.637. The van der Waals surface area contributed by atoms with E-state index < -0.39 is 11.7 Å². The maximum atomic E-state index is 11.7. The van der Waals surface area contributed by atoms with Crippen LogP contribution in [0, 0.1) is 0 Å². The summed E-state index contributed by atoms with van der Waals surface area (Å²) in [5, 5.41) is 13.5. The summed E-state index contributed by atoms with van der Waals surface area (Å²) in [5.41, 5.74) is 2.29. The molecule has 0 aliphatic heterocycles. The van der Waals surface area contributed by atoms with Crippen molar-refractivity contribution in [2.45, 2.75) is 31.5 Å². The van der Waals surface area contributed by atoms with Crippen molar-refractivity contribution in [3.8, 4) is 0 Å². The second-order valence-electron chi connectivity index (χ2n) is 5.93. The van der Waals surface area contributed by atoms with Crippen molar-refractivity contribution in [2.75, 3.05) is 6.54 Å². The zero-order chi connectivity index (χ0) is 16.1. The molecule has 0 radical (unpaired) electrons. The summed E-state index contributed by atoms with van der Waals surface area (Å²) in [5.74, 6) is 0. The van der Waals surface area contributed by atoms with Gasteiger partial charge in [0.15, 0.2) is 0 Å². The molecule has 2 N–H and O–H groups in total. The molecule has 4 nitrogen and oxygen atoms in total. The number of rotatable bonds is 5. The van der Waals surface area contributed by atoms with Crippen molar-refractivity contribution < 1.29 is 14.6 Å². The Kier molecular flexibility index (Phi) is 4.63. The Labute approximate surface area is 136 Å². The van der Waals surface area contributed by atoms with Crippen molar-refractivity contribution >= 4 is 6.09 Å². The third-order valence-corrected chi connectivity index (χ3v) is 4.35. The number of carbonyl (C=O) groups excluding carboxylic acids is 1. The van der Waals surface area contributed by atoms with Crippen LogP contribution in [0.3, 0.4) is 0 Å². The minimum atomic E-state index is -0.844. The van der Waals surface area contributed by atoms with E-state index in [0.717, 1.165) is 17.5 Å². The van der Waals surface area contributed by atoms with E-state index in [9.17, 15) is 9.90 Å². The molecular weight excluding hydrogens is 290 g/mol.